The third kappa shape index (κ3) is 4.67. The molecule has 0 aliphatic carbocycles. The zero-order chi connectivity index (χ0) is 14.4. The molecule has 6 heteroatoms. The molecule has 2 unspecified atom stereocenters. The molecule has 19 heavy (non-hydrogen) atoms. The average Bonchev–Trinajstić information content (AvgIpc) is 2.37. The van der Waals surface area contributed by atoms with E-state index in [4.69, 9.17) is 0 Å². The lowest BCUT2D eigenvalue weighted by Crippen LogP contribution is -2.48. The summed E-state index contributed by atoms with van der Waals surface area (Å²) >= 11 is 0. The van der Waals surface area contributed by atoms with Gasteiger partial charge in [0.25, 0.3) is 0 Å². The number of esters is 1. The molecule has 1 aromatic rings. The predicted octanol–water partition coefficient (Wildman–Crippen LogP) is 0.407. The second-order valence-electron chi connectivity index (χ2n) is 4.11. The molecule has 0 aromatic heterocycles. The highest BCUT2D eigenvalue weighted by molar-refractivity contribution is 5.86. The third-order valence-corrected chi connectivity index (χ3v) is 2.53. The van der Waals surface area contributed by atoms with Crippen LogP contribution < -0.4 is 5.32 Å². The van der Waals surface area contributed by atoms with Crippen molar-refractivity contribution in [3.63, 3.8) is 0 Å². The number of carbonyl (C=O) groups excluding carboxylic acids is 2. The van der Waals surface area contributed by atoms with Crippen molar-refractivity contribution in [2.24, 2.45) is 0 Å². The van der Waals surface area contributed by atoms with E-state index in [1.807, 2.05) is 0 Å². The molecule has 0 radical (unpaired) electrons. The number of hydrogen-bond acceptors (Lipinski definition) is 4. The van der Waals surface area contributed by atoms with Gasteiger partial charge in [-0.1, -0.05) is 12.1 Å². The van der Waals surface area contributed by atoms with Gasteiger partial charge in [-0.2, -0.15) is 0 Å². The van der Waals surface area contributed by atoms with Crippen LogP contribution >= 0.6 is 0 Å². The van der Waals surface area contributed by atoms with Crippen LogP contribution in [0.15, 0.2) is 24.3 Å². The molecule has 2 atom stereocenters. The van der Waals surface area contributed by atoms with Gasteiger partial charge in [-0.05, 0) is 24.6 Å². The molecule has 5 nitrogen and oxygen atoms in total. The van der Waals surface area contributed by atoms with Crippen LogP contribution in [0.1, 0.15) is 12.5 Å². The van der Waals surface area contributed by atoms with E-state index in [-0.39, 0.29) is 12.2 Å². The van der Waals surface area contributed by atoms with Gasteiger partial charge in [0.05, 0.1) is 19.6 Å². The lowest BCUT2D eigenvalue weighted by atomic mass is 10.1. The van der Waals surface area contributed by atoms with Crippen LogP contribution in [-0.2, 0) is 20.7 Å². The summed E-state index contributed by atoms with van der Waals surface area (Å²) in [5.41, 5.74) is 0.605. The molecule has 2 N–H and O–H groups in total. The summed E-state index contributed by atoms with van der Waals surface area (Å²) in [6.07, 6.45) is -1.08. The zero-order valence-corrected chi connectivity index (χ0v) is 10.7. The molecule has 0 aliphatic rings. The monoisotopic (exact) mass is 269 g/mol. The summed E-state index contributed by atoms with van der Waals surface area (Å²) in [6, 6.07) is 4.33. The van der Waals surface area contributed by atoms with E-state index in [0.717, 1.165) is 0 Å². The highest BCUT2D eigenvalue weighted by Gasteiger charge is 2.26. The minimum atomic E-state index is -1.11. The van der Waals surface area contributed by atoms with E-state index in [1.54, 1.807) is 0 Å². The first-order chi connectivity index (χ1) is 8.93. The number of amides is 1. The summed E-state index contributed by atoms with van der Waals surface area (Å²) in [5, 5.41) is 11.8. The van der Waals surface area contributed by atoms with Gasteiger partial charge in [-0.3, -0.25) is 4.79 Å². The number of carbonyl (C=O) groups is 2. The molecule has 0 bridgehead atoms. The molecule has 0 saturated carbocycles. The SMILES string of the molecule is COC(=O)C(NC(=O)Cc1ccc(F)cc1)C(C)O. The molecule has 0 saturated heterocycles. The van der Waals surface area contributed by atoms with Crippen LogP contribution in [0.3, 0.4) is 0 Å². The highest BCUT2D eigenvalue weighted by Crippen LogP contribution is 2.04. The number of methoxy groups -OCH3 is 1. The van der Waals surface area contributed by atoms with Crippen LogP contribution in [0.25, 0.3) is 0 Å². The largest absolute Gasteiger partial charge is 0.467 e. The number of ether oxygens (including phenoxy) is 1. The number of halogens is 1. The standard InChI is InChI=1S/C13H16FNO4/c1-8(16)12(13(18)19-2)15-11(17)7-9-3-5-10(14)6-4-9/h3-6,8,12,16H,7H2,1-2H3,(H,15,17). The van der Waals surface area contributed by atoms with Gasteiger partial charge in [-0.25, -0.2) is 9.18 Å². The van der Waals surface area contributed by atoms with E-state index in [2.05, 4.69) is 10.1 Å². The lowest BCUT2D eigenvalue weighted by Gasteiger charge is -2.18. The van der Waals surface area contributed by atoms with Crippen molar-refractivity contribution in [1.82, 2.24) is 5.32 Å². The Morgan fingerprint density at radius 2 is 1.95 bits per heavy atom. The summed E-state index contributed by atoms with van der Waals surface area (Å²) in [5.74, 6) is -1.56. The molecule has 104 valence electrons. The Balaban J connectivity index is 2.62. The smallest absolute Gasteiger partial charge is 0.331 e. The van der Waals surface area contributed by atoms with Gasteiger partial charge >= 0.3 is 5.97 Å². The molecule has 0 fully saturated rings. The highest BCUT2D eigenvalue weighted by atomic mass is 19.1. The van der Waals surface area contributed by atoms with E-state index >= 15 is 0 Å². The second kappa shape index (κ2) is 6.84. The molecule has 0 heterocycles. The first-order valence-electron chi connectivity index (χ1n) is 5.73. The van der Waals surface area contributed by atoms with Crippen LogP contribution in [-0.4, -0.2) is 36.2 Å². The Labute approximate surface area is 110 Å². The summed E-state index contributed by atoms with van der Waals surface area (Å²) in [4.78, 5) is 23.0. The fourth-order valence-electron chi connectivity index (χ4n) is 1.52. The summed E-state index contributed by atoms with van der Waals surface area (Å²) in [6.45, 7) is 1.37. The fourth-order valence-corrected chi connectivity index (χ4v) is 1.52. The van der Waals surface area contributed by atoms with Crippen molar-refractivity contribution in [1.29, 1.82) is 0 Å². The molecule has 0 spiro atoms. The van der Waals surface area contributed by atoms with E-state index in [1.165, 1.54) is 38.3 Å². The summed E-state index contributed by atoms with van der Waals surface area (Å²) in [7, 11) is 1.17. The molecule has 1 rings (SSSR count). The number of nitrogens with one attached hydrogen (secondary N) is 1. The predicted molar refractivity (Wildman–Crippen MR) is 65.7 cm³/mol. The Hall–Kier alpha value is -1.95. The number of rotatable bonds is 5. The topological polar surface area (TPSA) is 75.6 Å². The van der Waals surface area contributed by atoms with Gasteiger partial charge in [0.2, 0.25) is 5.91 Å². The molecular weight excluding hydrogens is 253 g/mol. The normalized spacial score (nSPS) is 13.5. The van der Waals surface area contributed by atoms with Crippen molar-refractivity contribution in [2.45, 2.75) is 25.5 Å². The minimum Gasteiger partial charge on any atom is -0.467 e. The number of hydrogen-bond donors (Lipinski definition) is 2. The fraction of sp³-hybridized carbons (Fsp3) is 0.385. The van der Waals surface area contributed by atoms with Crippen molar-refractivity contribution in [3.8, 4) is 0 Å². The molecule has 1 amide bonds. The molecular formula is C13H16FNO4. The maximum Gasteiger partial charge on any atom is 0.331 e. The minimum absolute atomic E-state index is 0.0134. The summed E-state index contributed by atoms with van der Waals surface area (Å²) < 4.78 is 17.2. The van der Waals surface area contributed by atoms with E-state index in [9.17, 15) is 19.1 Å². The third-order valence-electron chi connectivity index (χ3n) is 2.53. The molecule has 0 aliphatic heterocycles. The van der Waals surface area contributed by atoms with Gasteiger partial charge < -0.3 is 15.2 Å². The van der Waals surface area contributed by atoms with Crippen molar-refractivity contribution in [2.75, 3.05) is 7.11 Å². The molecule has 1 aromatic carbocycles. The van der Waals surface area contributed by atoms with Gasteiger partial charge in [0.1, 0.15) is 5.82 Å². The van der Waals surface area contributed by atoms with Crippen LogP contribution in [0, 0.1) is 5.82 Å². The van der Waals surface area contributed by atoms with Crippen molar-refractivity contribution < 1.29 is 23.8 Å². The van der Waals surface area contributed by atoms with Gasteiger partial charge in [-0.15, -0.1) is 0 Å². The van der Waals surface area contributed by atoms with Crippen LogP contribution in [0.5, 0.6) is 0 Å². The number of benzene rings is 1. The van der Waals surface area contributed by atoms with Crippen LogP contribution in [0.4, 0.5) is 4.39 Å². The maximum absolute atomic E-state index is 12.7. The first kappa shape index (κ1) is 15.1. The van der Waals surface area contributed by atoms with E-state index in [0.29, 0.717) is 5.56 Å². The Morgan fingerprint density at radius 3 is 2.42 bits per heavy atom. The lowest BCUT2D eigenvalue weighted by molar-refractivity contribution is -0.148. The van der Waals surface area contributed by atoms with Crippen molar-refractivity contribution in [3.05, 3.63) is 35.6 Å². The average molecular weight is 269 g/mol. The zero-order valence-electron chi connectivity index (χ0n) is 10.7. The van der Waals surface area contributed by atoms with Crippen LogP contribution in [0.2, 0.25) is 0 Å². The number of aliphatic hydroxyl groups excluding tert-OH is 1. The second-order valence-corrected chi connectivity index (χ2v) is 4.11. The quantitative estimate of drug-likeness (QED) is 0.759. The van der Waals surface area contributed by atoms with Gasteiger partial charge in [0, 0.05) is 0 Å². The maximum atomic E-state index is 12.7. The van der Waals surface area contributed by atoms with Gasteiger partial charge in [0.15, 0.2) is 6.04 Å². The first-order valence-corrected chi connectivity index (χ1v) is 5.73. The van der Waals surface area contributed by atoms with E-state index < -0.39 is 24.0 Å². The Bertz CT molecular complexity index is 444. The Morgan fingerprint density at radius 1 is 1.37 bits per heavy atom. The number of aliphatic hydroxyl groups is 1. The van der Waals surface area contributed by atoms with Crippen molar-refractivity contribution >= 4 is 11.9 Å². The Kier molecular flexibility index (Phi) is 5.44.